The van der Waals surface area contributed by atoms with Crippen LogP contribution in [0.3, 0.4) is 0 Å². The van der Waals surface area contributed by atoms with E-state index >= 15 is 0 Å². The zero-order chi connectivity index (χ0) is 22.8. The molecular formula is C23H27Cl3N2O3. The van der Waals surface area contributed by atoms with Crippen molar-refractivity contribution in [2.75, 3.05) is 13.2 Å². The Morgan fingerprint density at radius 3 is 2.32 bits per heavy atom. The van der Waals surface area contributed by atoms with Gasteiger partial charge in [-0.1, -0.05) is 67.2 Å². The minimum atomic E-state index is -0.621. The van der Waals surface area contributed by atoms with Crippen molar-refractivity contribution in [3.63, 3.8) is 0 Å². The third kappa shape index (κ3) is 7.91. The molecule has 0 bridgehead atoms. The number of halogens is 3. The van der Waals surface area contributed by atoms with Crippen LogP contribution in [0.2, 0.25) is 15.1 Å². The molecule has 2 rings (SSSR count). The molecule has 0 saturated heterocycles. The van der Waals surface area contributed by atoms with Crippen LogP contribution in [-0.4, -0.2) is 35.9 Å². The summed E-state index contributed by atoms with van der Waals surface area (Å²) in [5.74, 6) is -0.146. The molecule has 0 fully saturated rings. The minimum Gasteiger partial charge on any atom is -0.482 e. The van der Waals surface area contributed by atoms with Crippen LogP contribution in [0.15, 0.2) is 42.5 Å². The highest BCUT2D eigenvalue weighted by Gasteiger charge is 2.29. The van der Waals surface area contributed by atoms with Gasteiger partial charge in [-0.3, -0.25) is 9.59 Å². The maximum atomic E-state index is 13.1. The van der Waals surface area contributed by atoms with Gasteiger partial charge >= 0.3 is 0 Å². The lowest BCUT2D eigenvalue weighted by molar-refractivity contribution is -0.143. The highest BCUT2D eigenvalue weighted by atomic mass is 35.5. The smallest absolute Gasteiger partial charge is 0.261 e. The molecule has 0 aliphatic heterocycles. The van der Waals surface area contributed by atoms with Gasteiger partial charge in [-0.25, -0.2) is 0 Å². The predicted octanol–water partition coefficient (Wildman–Crippen LogP) is 5.75. The quantitative estimate of drug-likeness (QED) is 0.412. The fraction of sp³-hybridized carbons (Fsp3) is 0.391. The Labute approximate surface area is 198 Å². The molecule has 0 radical (unpaired) electrons. The molecule has 168 valence electrons. The summed E-state index contributed by atoms with van der Waals surface area (Å²) in [5, 5.41) is 4.32. The molecule has 2 amide bonds. The van der Waals surface area contributed by atoms with E-state index in [2.05, 4.69) is 12.2 Å². The van der Waals surface area contributed by atoms with Crippen LogP contribution >= 0.6 is 34.8 Å². The summed E-state index contributed by atoms with van der Waals surface area (Å²) in [4.78, 5) is 27.5. The van der Waals surface area contributed by atoms with E-state index in [-0.39, 0.29) is 25.0 Å². The monoisotopic (exact) mass is 484 g/mol. The van der Waals surface area contributed by atoms with Gasteiger partial charge in [-0.2, -0.15) is 0 Å². The standard InChI is InChI=1S/C23H27Cl3N2O3/c1-3-5-12-27-23(30)20(4-2)28(14-16-6-8-17(24)9-7-16)22(29)15-31-21-11-10-18(25)13-19(21)26/h6-11,13,20H,3-5,12,14-15H2,1-2H3,(H,27,30). The lowest BCUT2D eigenvalue weighted by Gasteiger charge is -2.30. The number of unbranched alkanes of at least 4 members (excludes halogenated alkanes) is 1. The first-order valence-corrected chi connectivity index (χ1v) is 11.4. The van der Waals surface area contributed by atoms with Crippen molar-refractivity contribution in [1.29, 1.82) is 0 Å². The molecule has 0 aliphatic carbocycles. The Bertz CT molecular complexity index is 875. The van der Waals surface area contributed by atoms with Gasteiger partial charge in [0.2, 0.25) is 5.91 Å². The van der Waals surface area contributed by atoms with Gasteiger partial charge < -0.3 is 15.0 Å². The van der Waals surface area contributed by atoms with Crippen LogP contribution in [0.4, 0.5) is 0 Å². The molecule has 0 aromatic heterocycles. The van der Waals surface area contributed by atoms with E-state index < -0.39 is 6.04 Å². The van der Waals surface area contributed by atoms with Gasteiger partial charge in [0.05, 0.1) is 5.02 Å². The van der Waals surface area contributed by atoms with Crippen molar-refractivity contribution in [2.45, 2.75) is 45.7 Å². The minimum absolute atomic E-state index is 0.178. The van der Waals surface area contributed by atoms with Crippen molar-refractivity contribution < 1.29 is 14.3 Å². The van der Waals surface area contributed by atoms with E-state index in [9.17, 15) is 9.59 Å². The molecule has 31 heavy (non-hydrogen) atoms. The van der Waals surface area contributed by atoms with Crippen LogP contribution in [0.25, 0.3) is 0 Å². The number of benzene rings is 2. The number of amides is 2. The average Bonchev–Trinajstić information content (AvgIpc) is 2.74. The topological polar surface area (TPSA) is 58.6 Å². The van der Waals surface area contributed by atoms with Crippen molar-refractivity contribution in [2.24, 2.45) is 0 Å². The van der Waals surface area contributed by atoms with Crippen molar-refractivity contribution in [3.8, 4) is 5.75 Å². The summed E-state index contributed by atoms with van der Waals surface area (Å²) in [6, 6.07) is 11.3. The molecular weight excluding hydrogens is 459 g/mol. The van der Waals surface area contributed by atoms with Gasteiger partial charge in [0, 0.05) is 23.1 Å². The fourth-order valence-corrected chi connectivity index (χ4v) is 3.62. The number of nitrogens with one attached hydrogen (secondary N) is 1. The van der Waals surface area contributed by atoms with E-state index in [0.717, 1.165) is 18.4 Å². The maximum Gasteiger partial charge on any atom is 0.261 e. The highest BCUT2D eigenvalue weighted by Crippen LogP contribution is 2.27. The van der Waals surface area contributed by atoms with Crippen LogP contribution in [0.1, 0.15) is 38.7 Å². The van der Waals surface area contributed by atoms with Gasteiger partial charge in [0.15, 0.2) is 6.61 Å². The molecule has 0 spiro atoms. The normalized spacial score (nSPS) is 11.6. The lowest BCUT2D eigenvalue weighted by Crippen LogP contribution is -2.50. The molecule has 0 saturated carbocycles. The molecule has 2 aromatic carbocycles. The second kappa shape index (κ2) is 12.8. The Balaban J connectivity index is 2.18. The zero-order valence-electron chi connectivity index (χ0n) is 17.7. The number of ether oxygens (including phenoxy) is 1. The SMILES string of the molecule is CCCCNC(=O)C(CC)N(Cc1ccc(Cl)cc1)C(=O)COc1ccc(Cl)cc1Cl. The Kier molecular flexibility index (Phi) is 10.4. The predicted molar refractivity (Wildman–Crippen MR) is 126 cm³/mol. The van der Waals surface area contributed by atoms with Crippen LogP contribution in [0.5, 0.6) is 5.75 Å². The van der Waals surface area contributed by atoms with Gasteiger partial charge in [0.1, 0.15) is 11.8 Å². The first kappa shape index (κ1) is 25.3. The van der Waals surface area contributed by atoms with Gasteiger partial charge in [0.25, 0.3) is 5.91 Å². The summed E-state index contributed by atoms with van der Waals surface area (Å²) >= 11 is 18.0. The summed E-state index contributed by atoms with van der Waals surface area (Å²) < 4.78 is 5.63. The molecule has 1 atom stereocenters. The molecule has 2 aromatic rings. The first-order chi connectivity index (χ1) is 14.8. The molecule has 1 unspecified atom stereocenters. The Morgan fingerprint density at radius 1 is 1.03 bits per heavy atom. The van der Waals surface area contributed by atoms with E-state index in [1.54, 1.807) is 30.3 Å². The average molecular weight is 486 g/mol. The van der Waals surface area contributed by atoms with Crippen molar-refractivity contribution in [1.82, 2.24) is 10.2 Å². The van der Waals surface area contributed by atoms with Crippen LogP contribution in [-0.2, 0) is 16.1 Å². The Morgan fingerprint density at radius 2 is 1.71 bits per heavy atom. The fourth-order valence-electron chi connectivity index (χ4n) is 3.03. The van der Waals surface area contributed by atoms with Crippen molar-refractivity contribution >= 4 is 46.6 Å². The van der Waals surface area contributed by atoms with E-state index in [4.69, 9.17) is 39.5 Å². The Hall–Kier alpha value is -1.95. The van der Waals surface area contributed by atoms with Gasteiger partial charge in [-0.15, -0.1) is 0 Å². The van der Waals surface area contributed by atoms with Gasteiger partial charge in [-0.05, 0) is 48.7 Å². The van der Waals surface area contributed by atoms with Crippen LogP contribution < -0.4 is 10.1 Å². The summed E-state index contributed by atoms with van der Waals surface area (Å²) in [6.45, 7) is 4.51. The number of carbonyl (C=O) groups excluding carboxylic acids is 2. The van der Waals surface area contributed by atoms with E-state index in [0.29, 0.717) is 33.8 Å². The third-order valence-corrected chi connectivity index (χ3v) is 5.51. The first-order valence-electron chi connectivity index (χ1n) is 10.2. The second-order valence-corrected chi connectivity index (χ2v) is 8.36. The van der Waals surface area contributed by atoms with Crippen LogP contribution in [0, 0.1) is 0 Å². The number of hydrogen-bond donors (Lipinski definition) is 1. The highest BCUT2D eigenvalue weighted by molar-refractivity contribution is 6.35. The molecule has 0 heterocycles. The number of rotatable bonds is 11. The van der Waals surface area contributed by atoms with E-state index in [1.807, 2.05) is 19.1 Å². The number of nitrogens with zero attached hydrogens (tertiary/aromatic N) is 1. The third-order valence-electron chi connectivity index (χ3n) is 4.73. The maximum absolute atomic E-state index is 13.1. The summed E-state index contributed by atoms with van der Waals surface area (Å²) in [7, 11) is 0. The second-order valence-electron chi connectivity index (χ2n) is 7.08. The molecule has 1 N–H and O–H groups in total. The summed E-state index contributed by atoms with van der Waals surface area (Å²) in [6.07, 6.45) is 2.32. The largest absolute Gasteiger partial charge is 0.482 e. The molecule has 5 nitrogen and oxygen atoms in total. The summed E-state index contributed by atoms with van der Waals surface area (Å²) in [5.41, 5.74) is 0.863. The number of hydrogen-bond acceptors (Lipinski definition) is 3. The molecule has 0 aliphatic rings. The van der Waals surface area contributed by atoms with E-state index in [1.165, 1.54) is 4.90 Å². The van der Waals surface area contributed by atoms with Crippen molar-refractivity contribution in [3.05, 3.63) is 63.1 Å². The molecule has 8 heteroatoms. The number of carbonyl (C=O) groups is 2. The lowest BCUT2D eigenvalue weighted by atomic mass is 10.1. The zero-order valence-corrected chi connectivity index (χ0v) is 19.9.